The third kappa shape index (κ3) is 4.10. The molecule has 10 heteroatoms. The summed E-state index contributed by atoms with van der Waals surface area (Å²) >= 11 is 2.95. The first-order valence-electron chi connectivity index (χ1n) is 10.1. The number of nitrogens with zero attached hydrogens (tertiary/aromatic N) is 4. The van der Waals surface area contributed by atoms with E-state index >= 15 is 0 Å². The molecule has 1 amide bonds. The molecule has 0 saturated heterocycles. The Bertz CT molecular complexity index is 1520. The normalized spacial score (nSPS) is 11.2. The summed E-state index contributed by atoms with van der Waals surface area (Å²) < 4.78 is 17.5. The van der Waals surface area contributed by atoms with Crippen LogP contribution in [-0.4, -0.2) is 25.0 Å². The van der Waals surface area contributed by atoms with Crippen molar-refractivity contribution >= 4 is 38.8 Å². The Morgan fingerprint density at radius 3 is 2.82 bits per heavy atom. The maximum Gasteiger partial charge on any atom is 0.263 e. The summed E-state index contributed by atoms with van der Waals surface area (Å²) in [6.45, 7) is 1.76. The summed E-state index contributed by atoms with van der Waals surface area (Å²) in [5.74, 6) is -0.0905. The number of halogens is 1. The minimum absolute atomic E-state index is 0.141. The molecule has 4 aromatic heterocycles. The van der Waals surface area contributed by atoms with Crippen LogP contribution in [0, 0.1) is 12.7 Å². The summed E-state index contributed by atoms with van der Waals surface area (Å²) in [5, 5.41) is 7.13. The fourth-order valence-electron chi connectivity index (χ4n) is 3.59. The zero-order valence-electron chi connectivity index (χ0n) is 17.5. The number of aromatic nitrogens is 4. The zero-order chi connectivity index (χ0) is 22.9. The first-order valence-corrected chi connectivity index (χ1v) is 11.8. The first kappa shape index (κ1) is 21.2. The molecule has 7 nitrogen and oxygen atoms in total. The van der Waals surface area contributed by atoms with E-state index in [0.717, 1.165) is 10.4 Å². The predicted molar refractivity (Wildman–Crippen MR) is 127 cm³/mol. The van der Waals surface area contributed by atoms with Crippen LogP contribution >= 0.6 is 22.7 Å². The van der Waals surface area contributed by atoms with E-state index in [1.807, 2.05) is 22.9 Å². The van der Waals surface area contributed by atoms with Crippen LogP contribution in [0.4, 0.5) is 4.39 Å². The van der Waals surface area contributed by atoms with Crippen molar-refractivity contribution in [2.24, 2.45) is 0 Å². The van der Waals surface area contributed by atoms with Gasteiger partial charge < -0.3 is 9.88 Å². The van der Waals surface area contributed by atoms with Crippen molar-refractivity contribution in [3.8, 4) is 16.1 Å². The second-order valence-electron chi connectivity index (χ2n) is 7.39. The Kier molecular flexibility index (Phi) is 5.61. The lowest BCUT2D eigenvalue weighted by Crippen LogP contribution is -2.32. The fourth-order valence-corrected chi connectivity index (χ4v) is 5.31. The molecule has 166 valence electrons. The zero-order valence-corrected chi connectivity index (χ0v) is 19.1. The van der Waals surface area contributed by atoms with E-state index < -0.39 is 5.82 Å². The van der Waals surface area contributed by atoms with Crippen LogP contribution < -0.4 is 10.9 Å². The van der Waals surface area contributed by atoms with E-state index in [0.29, 0.717) is 27.3 Å². The Morgan fingerprint density at radius 2 is 2.09 bits per heavy atom. The summed E-state index contributed by atoms with van der Waals surface area (Å²) in [5.41, 5.74) is 1.58. The van der Waals surface area contributed by atoms with Crippen LogP contribution in [0.2, 0.25) is 0 Å². The Labute approximate surface area is 195 Å². The van der Waals surface area contributed by atoms with Gasteiger partial charge in [0.15, 0.2) is 0 Å². The van der Waals surface area contributed by atoms with E-state index in [-0.39, 0.29) is 24.6 Å². The second-order valence-corrected chi connectivity index (χ2v) is 9.20. The van der Waals surface area contributed by atoms with Gasteiger partial charge in [0.2, 0.25) is 5.91 Å². The average Bonchev–Trinajstić information content (AvgIpc) is 3.55. The standard InChI is InChI=1S/C23H18FN5O2S2/c1-14-25-6-7-29(14)18-5-4-15(9-17(18)24)10-26-20(30)11-28-13-27-22-21(23(28)31)16(12-33-22)19-3-2-8-32-19/h2-9,12-13H,10-11H2,1H3,(H,26,30). The van der Waals surface area contributed by atoms with E-state index in [2.05, 4.69) is 15.3 Å². The molecule has 1 aromatic carbocycles. The molecule has 0 fully saturated rings. The molecule has 0 bridgehead atoms. The maximum absolute atomic E-state index is 14.6. The van der Waals surface area contributed by atoms with Gasteiger partial charge in [-0.25, -0.2) is 14.4 Å². The lowest BCUT2D eigenvalue weighted by Gasteiger charge is -2.10. The van der Waals surface area contributed by atoms with Crippen LogP contribution in [0.1, 0.15) is 11.4 Å². The molecular formula is C23H18FN5O2S2. The number of benzene rings is 1. The van der Waals surface area contributed by atoms with Gasteiger partial charge in [0.25, 0.3) is 5.56 Å². The quantitative estimate of drug-likeness (QED) is 0.397. The van der Waals surface area contributed by atoms with Gasteiger partial charge in [-0.15, -0.1) is 22.7 Å². The Hall–Kier alpha value is -3.63. The third-order valence-electron chi connectivity index (χ3n) is 5.25. The highest BCUT2D eigenvalue weighted by atomic mass is 32.1. The number of fused-ring (bicyclic) bond motifs is 1. The van der Waals surface area contributed by atoms with Crippen LogP contribution in [0.25, 0.3) is 26.3 Å². The molecule has 0 saturated carbocycles. The van der Waals surface area contributed by atoms with Gasteiger partial charge in [-0.1, -0.05) is 12.1 Å². The van der Waals surface area contributed by atoms with Gasteiger partial charge in [0, 0.05) is 34.8 Å². The number of nitrogens with one attached hydrogen (secondary N) is 1. The number of amides is 1. The topological polar surface area (TPSA) is 81.8 Å². The fraction of sp³-hybridized carbons (Fsp3) is 0.130. The van der Waals surface area contributed by atoms with E-state index in [4.69, 9.17) is 0 Å². The summed E-state index contributed by atoms with van der Waals surface area (Å²) in [6, 6.07) is 8.66. The number of aryl methyl sites for hydroxylation is 1. The SMILES string of the molecule is Cc1nccn1-c1ccc(CNC(=O)Cn2cnc3scc(-c4cccs4)c3c2=O)cc1F. The highest BCUT2D eigenvalue weighted by molar-refractivity contribution is 7.18. The highest BCUT2D eigenvalue weighted by Crippen LogP contribution is 2.33. The smallest absolute Gasteiger partial charge is 0.263 e. The molecule has 33 heavy (non-hydrogen) atoms. The maximum atomic E-state index is 14.6. The van der Waals surface area contributed by atoms with Crippen molar-refractivity contribution in [2.75, 3.05) is 0 Å². The highest BCUT2D eigenvalue weighted by Gasteiger charge is 2.15. The van der Waals surface area contributed by atoms with Crippen LogP contribution in [0.3, 0.4) is 0 Å². The minimum Gasteiger partial charge on any atom is -0.350 e. The van der Waals surface area contributed by atoms with Crippen LogP contribution in [0.15, 0.2) is 64.6 Å². The Morgan fingerprint density at radius 1 is 1.21 bits per heavy atom. The number of hydrogen-bond acceptors (Lipinski definition) is 6. The van der Waals surface area contributed by atoms with Crippen LogP contribution in [-0.2, 0) is 17.9 Å². The molecule has 0 spiro atoms. The van der Waals surface area contributed by atoms with Crippen molar-refractivity contribution in [1.82, 2.24) is 24.4 Å². The van der Waals surface area contributed by atoms with Gasteiger partial charge in [0.05, 0.1) is 17.4 Å². The lowest BCUT2D eigenvalue weighted by atomic mass is 10.2. The van der Waals surface area contributed by atoms with Crippen molar-refractivity contribution < 1.29 is 9.18 Å². The monoisotopic (exact) mass is 479 g/mol. The third-order valence-corrected chi connectivity index (χ3v) is 7.04. The molecule has 0 aliphatic heterocycles. The molecule has 0 radical (unpaired) electrons. The number of imidazole rings is 1. The molecule has 5 rings (SSSR count). The van der Waals surface area contributed by atoms with E-state index in [9.17, 15) is 14.0 Å². The van der Waals surface area contributed by atoms with Gasteiger partial charge >= 0.3 is 0 Å². The number of hydrogen-bond donors (Lipinski definition) is 1. The molecule has 0 aliphatic rings. The number of thiophene rings is 2. The molecule has 0 atom stereocenters. The van der Waals surface area contributed by atoms with E-state index in [1.165, 1.54) is 28.3 Å². The number of carbonyl (C=O) groups excluding carboxylic acids is 1. The molecule has 0 unspecified atom stereocenters. The van der Waals surface area contributed by atoms with Gasteiger partial charge in [-0.3, -0.25) is 14.2 Å². The average molecular weight is 480 g/mol. The van der Waals surface area contributed by atoms with Crippen molar-refractivity contribution in [3.05, 3.63) is 87.4 Å². The lowest BCUT2D eigenvalue weighted by molar-refractivity contribution is -0.121. The summed E-state index contributed by atoms with van der Waals surface area (Å²) in [6.07, 6.45) is 4.69. The molecule has 0 aliphatic carbocycles. The minimum atomic E-state index is -0.410. The summed E-state index contributed by atoms with van der Waals surface area (Å²) in [4.78, 5) is 35.6. The van der Waals surface area contributed by atoms with Gasteiger partial charge in [0.1, 0.15) is 23.0 Å². The largest absolute Gasteiger partial charge is 0.350 e. The molecule has 4 heterocycles. The number of carbonyl (C=O) groups is 1. The summed E-state index contributed by atoms with van der Waals surface area (Å²) in [7, 11) is 0. The predicted octanol–water partition coefficient (Wildman–Crippen LogP) is 4.14. The van der Waals surface area contributed by atoms with Crippen molar-refractivity contribution in [3.63, 3.8) is 0 Å². The molecule has 1 N–H and O–H groups in total. The molecule has 5 aromatic rings. The van der Waals surface area contributed by atoms with Gasteiger partial charge in [-0.2, -0.15) is 0 Å². The first-order chi connectivity index (χ1) is 16.0. The van der Waals surface area contributed by atoms with E-state index in [1.54, 1.807) is 47.4 Å². The van der Waals surface area contributed by atoms with Crippen molar-refractivity contribution in [2.45, 2.75) is 20.0 Å². The Balaban J connectivity index is 1.30. The number of rotatable bonds is 6. The van der Waals surface area contributed by atoms with Gasteiger partial charge in [-0.05, 0) is 36.1 Å². The van der Waals surface area contributed by atoms with Crippen LogP contribution in [0.5, 0.6) is 0 Å². The second kappa shape index (κ2) is 8.72. The molecular weight excluding hydrogens is 461 g/mol. The van der Waals surface area contributed by atoms with Crippen molar-refractivity contribution in [1.29, 1.82) is 0 Å².